The van der Waals surface area contributed by atoms with Crippen LogP contribution in [0.25, 0.3) is 0 Å². The van der Waals surface area contributed by atoms with Gasteiger partial charge in [0.15, 0.2) is 0 Å². The first kappa shape index (κ1) is 15.3. The summed E-state index contributed by atoms with van der Waals surface area (Å²) < 4.78 is 0. The summed E-state index contributed by atoms with van der Waals surface area (Å²) in [5, 5.41) is 0. The van der Waals surface area contributed by atoms with Gasteiger partial charge in [0.05, 0.1) is 0 Å². The zero-order chi connectivity index (χ0) is 12.7. The van der Waals surface area contributed by atoms with E-state index in [0.717, 1.165) is 12.6 Å². The summed E-state index contributed by atoms with van der Waals surface area (Å²) in [4.78, 5) is 4.98. The van der Waals surface area contributed by atoms with Crippen molar-refractivity contribution < 1.29 is 0 Å². The normalized spacial score (nSPS) is 24.2. The van der Waals surface area contributed by atoms with Crippen LogP contribution in [-0.2, 0) is 0 Å². The summed E-state index contributed by atoms with van der Waals surface area (Å²) in [7, 11) is 4.39. The van der Waals surface area contributed by atoms with Gasteiger partial charge in [0.2, 0.25) is 0 Å². The van der Waals surface area contributed by atoms with Crippen molar-refractivity contribution in [1.29, 1.82) is 0 Å². The summed E-state index contributed by atoms with van der Waals surface area (Å²) in [5.74, 6) is 2.47. The topological polar surface area (TPSA) is 32.5 Å². The average Bonchev–Trinajstić information content (AvgIpc) is 2.35. The van der Waals surface area contributed by atoms with Crippen LogP contribution in [0.2, 0.25) is 0 Å². The van der Waals surface area contributed by atoms with Gasteiger partial charge in [0.25, 0.3) is 0 Å². The SMILES string of the molecule is CCSCCC(CN)N1CCCC(N(C)C)C1. The molecule has 0 bridgehead atoms. The Labute approximate surface area is 111 Å². The standard InChI is InChI=1S/C13H29N3S/c1-4-17-9-7-12(10-14)16-8-5-6-13(11-16)15(2)3/h12-13H,4-11,14H2,1-3H3. The van der Waals surface area contributed by atoms with Gasteiger partial charge in [-0.15, -0.1) is 0 Å². The number of hydrogen-bond donors (Lipinski definition) is 1. The molecule has 0 aromatic heterocycles. The number of likely N-dealkylation sites (N-methyl/N-ethyl adjacent to an activating group) is 1. The Bertz CT molecular complexity index is 199. The van der Waals surface area contributed by atoms with E-state index in [0.29, 0.717) is 6.04 Å². The second kappa shape index (κ2) is 8.35. The van der Waals surface area contributed by atoms with Crippen molar-refractivity contribution in [2.45, 2.75) is 38.3 Å². The highest BCUT2D eigenvalue weighted by Gasteiger charge is 2.25. The molecule has 2 unspecified atom stereocenters. The van der Waals surface area contributed by atoms with E-state index in [1.807, 2.05) is 11.8 Å². The molecule has 2 atom stereocenters. The summed E-state index contributed by atoms with van der Waals surface area (Å²) in [5.41, 5.74) is 5.94. The third-order valence-electron chi connectivity index (χ3n) is 3.75. The number of hydrogen-bond acceptors (Lipinski definition) is 4. The Hall–Kier alpha value is 0.230. The van der Waals surface area contributed by atoms with Crippen LogP contribution in [0.3, 0.4) is 0 Å². The zero-order valence-corrected chi connectivity index (χ0v) is 12.5. The van der Waals surface area contributed by atoms with Gasteiger partial charge in [-0.2, -0.15) is 11.8 Å². The van der Waals surface area contributed by atoms with Crippen molar-refractivity contribution in [2.75, 3.05) is 45.2 Å². The Morgan fingerprint density at radius 3 is 2.82 bits per heavy atom. The molecule has 4 heteroatoms. The molecule has 0 aromatic carbocycles. The highest BCUT2D eigenvalue weighted by atomic mass is 32.2. The van der Waals surface area contributed by atoms with Crippen LogP contribution >= 0.6 is 11.8 Å². The summed E-state index contributed by atoms with van der Waals surface area (Å²) in [6.07, 6.45) is 3.90. The van der Waals surface area contributed by atoms with Crippen molar-refractivity contribution in [1.82, 2.24) is 9.80 Å². The lowest BCUT2D eigenvalue weighted by molar-refractivity contribution is 0.0972. The molecule has 1 heterocycles. The van der Waals surface area contributed by atoms with E-state index >= 15 is 0 Å². The minimum atomic E-state index is 0.594. The first-order valence-electron chi connectivity index (χ1n) is 6.87. The fourth-order valence-electron chi connectivity index (χ4n) is 2.55. The van der Waals surface area contributed by atoms with Crippen LogP contribution in [0.4, 0.5) is 0 Å². The van der Waals surface area contributed by atoms with Crippen molar-refractivity contribution in [2.24, 2.45) is 5.73 Å². The fraction of sp³-hybridized carbons (Fsp3) is 1.00. The van der Waals surface area contributed by atoms with Gasteiger partial charge < -0.3 is 10.6 Å². The molecule has 102 valence electrons. The van der Waals surface area contributed by atoms with Gasteiger partial charge in [-0.05, 0) is 51.4 Å². The van der Waals surface area contributed by atoms with Gasteiger partial charge in [-0.1, -0.05) is 6.92 Å². The molecule has 0 aromatic rings. The Kier molecular flexibility index (Phi) is 7.51. The third-order valence-corrected chi connectivity index (χ3v) is 4.68. The molecule has 2 N–H and O–H groups in total. The lowest BCUT2D eigenvalue weighted by Gasteiger charge is -2.40. The van der Waals surface area contributed by atoms with E-state index in [4.69, 9.17) is 5.73 Å². The highest BCUT2D eigenvalue weighted by molar-refractivity contribution is 7.99. The minimum absolute atomic E-state index is 0.594. The van der Waals surface area contributed by atoms with E-state index in [1.54, 1.807) is 0 Å². The van der Waals surface area contributed by atoms with Crippen molar-refractivity contribution in [3.05, 3.63) is 0 Å². The van der Waals surface area contributed by atoms with Crippen LogP contribution in [0.5, 0.6) is 0 Å². The number of nitrogens with two attached hydrogens (primary N) is 1. The van der Waals surface area contributed by atoms with Gasteiger partial charge in [0, 0.05) is 25.2 Å². The Morgan fingerprint density at radius 1 is 1.47 bits per heavy atom. The Balaban J connectivity index is 2.39. The van der Waals surface area contributed by atoms with Gasteiger partial charge >= 0.3 is 0 Å². The Morgan fingerprint density at radius 2 is 2.24 bits per heavy atom. The number of likely N-dealkylation sites (tertiary alicyclic amines) is 1. The molecular weight excluding hydrogens is 230 g/mol. The van der Waals surface area contributed by atoms with Gasteiger partial charge in [-0.3, -0.25) is 4.90 Å². The highest BCUT2D eigenvalue weighted by Crippen LogP contribution is 2.18. The lowest BCUT2D eigenvalue weighted by Crippen LogP contribution is -2.51. The predicted octanol–water partition coefficient (Wildman–Crippen LogP) is 1.48. The number of rotatable bonds is 7. The maximum atomic E-state index is 5.94. The second-order valence-electron chi connectivity index (χ2n) is 5.13. The van der Waals surface area contributed by atoms with Crippen molar-refractivity contribution in [3.8, 4) is 0 Å². The summed E-state index contributed by atoms with van der Waals surface area (Å²) in [6, 6.07) is 1.31. The smallest absolute Gasteiger partial charge is 0.0226 e. The van der Waals surface area contributed by atoms with Crippen LogP contribution in [0.15, 0.2) is 0 Å². The maximum Gasteiger partial charge on any atom is 0.0226 e. The zero-order valence-electron chi connectivity index (χ0n) is 11.7. The molecule has 0 saturated carbocycles. The van der Waals surface area contributed by atoms with Gasteiger partial charge in [0.1, 0.15) is 0 Å². The molecule has 1 aliphatic heterocycles. The minimum Gasteiger partial charge on any atom is -0.329 e. The third kappa shape index (κ3) is 5.16. The quantitative estimate of drug-likeness (QED) is 0.702. The van der Waals surface area contributed by atoms with E-state index in [1.165, 1.54) is 43.9 Å². The molecule has 17 heavy (non-hydrogen) atoms. The van der Waals surface area contributed by atoms with Crippen molar-refractivity contribution in [3.63, 3.8) is 0 Å². The molecule has 1 saturated heterocycles. The summed E-state index contributed by atoms with van der Waals surface area (Å²) >= 11 is 2.03. The van der Waals surface area contributed by atoms with Crippen LogP contribution < -0.4 is 5.73 Å². The number of piperidine rings is 1. The summed E-state index contributed by atoms with van der Waals surface area (Å²) in [6.45, 7) is 5.48. The molecule has 3 nitrogen and oxygen atoms in total. The van der Waals surface area contributed by atoms with E-state index in [9.17, 15) is 0 Å². The van der Waals surface area contributed by atoms with Crippen molar-refractivity contribution >= 4 is 11.8 Å². The molecule has 1 aliphatic rings. The van der Waals surface area contributed by atoms with E-state index in [2.05, 4.69) is 30.8 Å². The molecule has 1 fully saturated rings. The molecule has 0 amide bonds. The fourth-order valence-corrected chi connectivity index (χ4v) is 3.28. The van der Waals surface area contributed by atoms with Gasteiger partial charge in [-0.25, -0.2) is 0 Å². The molecule has 0 radical (unpaired) electrons. The van der Waals surface area contributed by atoms with Crippen LogP contribution in [0.1, 0.15) is 26.2 Å². The average molecular weight is 259 g/mol. The maximum absolute atomic E-state index is 5.94. The molecule has 0 aliphatic carbocycles. The molecular formula is C13H29N3S. The molecule has 0 spiro atoms. The lowest BCUT2D eigenvalue weighted by atomic mass is 10.0. The second-order valence-corrected chi connectivity index (χ2v) is 6.52. The first-order valence-corrected chi connectivity index (χ1v) is 8.02. The van der Waals surface area contributed by atoms with E-state index in [-0.39, 0.29) is 0 Å². The number of thioether (sulfide) groups is 1. The first-order chi connectivity index (χ1) is 8.19. The van der Waals surface area contributed by atoms with Crippen LogP contribution in [-0.4, -0.2) is 67.1 Å². The van der Waals surface area contributed by atoms with Crippen LogP contribution in [0, 0.1) is 0 Å². The largest absolute Gasteiger partial charge is 0.329 e. The predicted molar refractivity (Wildman–Crippen MR) is 78.7 cm³/mol. The monoisotopic (exact) mass is 259 g/mol. The van der Waals surface area contributed by atoms with E-state index < -0.39 is 0 Å². The number of nitrogens with zero attached hydrogens (tertiary/aromatic N) is 2. The molecule has 1 rings (SSSR count).